The SMILES string of the molecule is CCc1cc(F)c(C2CCc3c(ccc(C#Cc4ccc(OC(F)(F)F)cc4)c3F)C2)c(F)c1. The fourth-order valence-electron chi connectivity index (χ4n) is 4.26. The van der Waals surface area contributed by atoms with Gasteiger partial charge in [-0.15, -0.1) is 13.2 Å². The molecular weight excluding hydrogens is 454 g/mol. The van der Waals surface area contributed by atoms with E-state index < -0.39 is 23.8 Å². The maximum absolute atomic E-state index is 15.1. The lowest BCUT2D eigenvalue weighted by Crippen LogP contribution is -2.17. The zero-order valence-electron chi connectivity index (χ0n) is 18.2. The fraction of sp³-hybridized carbons (Fsp3) is 0.259. The molecule has 0 aliphatic heterocycles. The van der Waals surface area contributed by atoms with E-state index in [2.05, 4.69) is 16.6 Å². The molecule has 0 spiro atoms. The molecule has 3 aromatic carbocycles. The molecule has 1 aliphatic rings. The van der Waals surface area contributed by atoms with Crippen molar-refractivity contribution in [2.24, 2.45) is 0 Å². The van der Waals surface area contributed by atoms with Crippen LogP contribution in [-0.4, -0.2) is 6.36 Å². The first-order valence-electron chi connectivity index (χ1n) is 10.8. The van der Waals surface area contributed by atoms with Gasteiger partial charge in [0.15, 0.2) is 0 Å². The number of aryl methyl sites for hydroxylation is 1. The van der Waals surface area contributed by atoms with Gasteiger partial charge < -0.3 is 4.74 Å². The molecule has 1 unspecified atom stereocenters. The highest BCUT2D eigenvalue weighted by Crippen LogP contribution is 2.37. The van der Waals surface area contributed by atoms with Gasteiger partial charge in [0.1, 0.15) is 23.2 Å². The standard InChI is InChI=1S/C27H20F6O/c1-2-16-13-23(28)25(24(29)14-16)20-9-12-22-19(15-20)8-7-18(26(22)30)6-3-17-4-10-21(11-5-17)34-27(31,32)33/h4-5,7-8,10-11,13-14,20H,2,9,12,15H2,1H3. The highest BCUT2D eigenvalue weighted by Gasteiger charge is 2.31. The van der Waals surface area contributed by atoms with Gasteiger partial charge in [-0.1, -0.05) is 24.8 Å². The van der Waals surface area contributed by atoms with Crippen LogP contribution in [-0.2, 0) is 19.3 Å². The van der Waals surface area contributed by atoms with Crippen molar-refractivity contribution >= 4 is 0 Å². The summed E-state index contributed by atoms with van der Waals surface area (Å²) >= 11 is 0. The molecule has 0 N–H and O–H groups in total. The Balaban J connectivity index is 1.54. The molecule has 34 heavy (non-hydrogen) atoms. The molecule has 0 saturated heterocycles. The summed E-state index contributed by atoms with van der Waals surface area (Å²) in [7, 11) is 0. The van der Waals surface area contributed by atoms with E-state index in [0.29, 0.717) is 47.9 Å². The Bertz CT molecular complexity index is 1240. The van der Waals surface area contributed by atoms with Crippen LogP contribution in [0.2, 0.25) is 0 Å². The lowest BCUT2D eigenvalue weighted by molar-refractivity contribution is -0.274. The minimum atomic E-state index is -4.78. The van der Waals surface area contributed by atoms with Gasteiger partial charge in [-0.2, -0.15) is 0 Å². The summed E-state index contributed by atoms with van der Waals surface area (Å²) in [6.07, 6.45) is -3.21. The fourth-order valence-corrected chi connectivity index (χ4v) is 4.26. The highest BCUT2D eigenvalue weighted by atomic mass is 19.4. The lowest BCUT2D eigenvalue weighted by Gasteiger charge is -2.26. The molecule has 1 nitrogen and oxygen atoms in total. The topological polar surface area (TPSA) is 9.23 Å². The molecule has 7 heteroatoms. The van der Waals surface area contributed by atoms with Crippen molar-refractivity contribution in [3.63, 3.8) is 0 Å². The summed E-state index contributed by atoms with van der Waals surface area (Å²) in [6.45, 7) is 1.82. The van der Waals surface area contributed by atoms with Crippen molar-refractivity contribution in [1.82, 2.24) is 0 Å². The summed E-state index contributed by atoms with van der Waals surface area (Å²) < 4.78 is 84.8. The molecule has 0 saturated carbocycles. The Morgan fingerprint density at radius 3 is 2.24 bits per heavy atom. The van der Waals surface area contributed by atoms with E-state index >= 15 is 4.39 Å². The molecule has 1 aliphatic carbocycles. The number of fused-ring (bicyclic) bond motifs is 1. The molecule has 0 heterocycles. The van der Waals surface area contributed by atoms with Crippen LogP contribution in [0.15, 0.2) is 48.5 Å². The maximum Gasteiger partial charge on any atom is 0.573 e. The second-order valence-corrected chi connectivity index (χ2v) is 8.15. The van der Waals surface area contributed by atoms with E-state index in [4.69, 9.17) is 0 Å². The third kappa shape index (κ3) is 5.22. The molecule has 0 aromatic heterocycles. The number of hydrogen-bond acceptors (Lipinski definition) is 1. The van der Waals surface area contributed by atoms with Gasteiger partial charge in [0.25, 0.3) is 0 Å². The minimum absolute atomic E-state index is 0.0464. The third-order valence-corrected chi connectivity index (χ3v) is 5.93. The number of alkyl halides is 3. The molecule has 4 rings (SSSR count). The number of rotatable bonds is 3. The largest absolute Gasteiger partial charge is 0.573 e. The highest BCUT2D eigenvalue weighted by molar-refractivity contribution is 5.49. The zero-order valence-corrected chi connectivity index (χ0v) is 18.2. The first kappa shape index (κ1) is 23.7. The average Bonchev–Trinajstić information content (AvgIpc) is 2.78. The van der Waals surface area contributed by atoms with Gasteiger partial charge in [-0.05, 0) is 90.8 Å². The van der Waals surface area contributed by atoms with E-state index in [1.54, 1.807) is 6.07 Å². The van der Waals surface area contributed by atoms with E-state index in [-0.39, 0.29) is 22.8 Å². The Hall–Kier alpha value is -3.40. The quantitative estimate of drug-likeness (QED) is 0.287. The summed E-state index contributed by atoms with van der Waals surface area (Å²) in [4.78, 5) is 0. The first-order chi connectivity index (χ1) is 16.1. The van der Waals surface area contributed by atoms with Gasteiger partial charge in [0.05, 0.1) is 5.56 Å². The van der Waals surface area contributed by atoms with Crippen molar-refractivity contribution in [2.45, 2.75) is 44.9 Å². The van der Waals surface area contributed by atoms with E-state index in [1.807, 2.05) is 6.92 Å². The monoisotopic (exact) mass is 474 g/mol. The average molecular weight is 474 g/mol. The number of benzene rings is 3. The van der Waals surface area contributed by atoms with Gasteiger partial charge in [-0.25, -0.2) is 13.2 Å². The Morgan fingerprint density at radius 1 is 0.941 bits per heavy atom. The maximum atomic E-state index is 15.1. The lowest BCUT2D eigenvalue weighted by atomic mass is 9.79. The van der Waals surface area contributed by atoms with E-state index in [1.165, 1.54) is 30.3 Å². The second-order valence-electron chi connectivity index (χ2n) is 8.15. The van der Waals surface area contributed by atoms with Gasteiger partial charge in [-0.3, -0.25) is 0 Å². The summed E-state index contributed by atoms with van der Waals surface area (Å²) in [5, 5.41) is 0. The van der Waals surface area contributed by atoms with E-state index in [0.717, 1.165) is 12.1 Å². The molecule has 0 radical (unpaired) electrons. The minimum Gasteiger partial charge on any atom is -0.406 e. The van der Waals surface area contributed by atoms with Crippen LogP contribution in [0.4, 0.5) is 26.3 Å². The van der Waals surface area contributed by atoms with Gasteiger partial charge >= 0.3 is 6.36 Å². The predicted molar refractivity (Wildman–Crippen MR) is 116 cm³/mol. The van der Waals surface area contributed by atoms with E-state index in [9.17, 15) is 22.0 Å². The van der Waals surface area contributed by atoms with Crippen LogP contribution in [0.5, 0.6) is 5.75 Å². The molecule has 1 atom stereocenters. The predicted octanol–water partition coefficient (Wildman–Crippen LogP) is 7.24. The van der Waals surface area contributed by atoms with Crippen molar-refractivity contribution < 1.29 is 31.1 Å². The van der Waals surface area contributed by atoms with Crippen LogP contribution in [0.3, 0.4) is 0 Å². The normalized spacial score (nSPS) is 15.3. The summed E-state index contributed by atoms with van der Waals surface area (Å²) in [5.41, 5.74) is 2.34. The smallest absolute Gasteiger partial charge is 0.406 e. The summed E-state index contributed by atoms with van der Waals surface area (Å²) in [6, 6.07) is 10.9. The second kappa shape index (κ2) is 9.46. The molecular formula is C27H20F6O. The number of hydrogen-bond donors (Lipinski definition) is 0. The van der Waals surface area contributed by atoms with Crippen LogP contribution >= 0.6 is 0 Å². The molecule has 0 bridgehead atoms. The molecule has 0 fully saturated rings. The van der Waals surface area contributed by atoms with Crippen molar-refractivity contribution in [2.75, 3.05) is 0 Å². The Labute approximate surface area is 193 Å². The summed E-state index contributed by atoms with van der Waals surface area (Å²) in [5.74, 6) is 3.07. The van der Waals surface area contributed by atoms with Crippen LogP contribution < -0.4 is 4.74 Å². The first-order valence-corrected chi connectivity index (χ1v) is 10.8. The van der Waals surface area contributed by atoms with Crippen molar-refractivity contribution in [1.29, 1.82) is 0 Å². The van der Waals surface area contributed by atoms with Crippen molar-refractivity contribution in [3.05, 3.63) is 99.4 Å². The van der Waals surface area contributed by atoms with Gasteiger partial charge in [0, 0.05) is 11.1 Å². The Morgan fingerprint density at radius 2 is 1.62 bits per heavy atom. The van der Waals surface area contributed by atoms with Crippen LogP contribution in [0, 0.1) is 29.3 Å². The number of halogens is 6. The third-order valence-electron chi connectivity index (χ3n) is 5.93. The molecule has 176 valence electrons. The Kier molecular flexibility index (Phi) is 6.60. The van der Waals surface area contributed by atoms with Gasteiger partial charge in [0.2, 0.25) is 0 Å². The number of ether oxygens (including phenoxy) is 1. The van der Waals surface area contributed by atoms with Crippen LogP contribution in [0.1, 0.15) is 52.6 Å². The molecule has 0 amide bonds. The van der Waals surface area contributed by atoms with Crippen molar-refractivity contribution in [3.8, 4) is 17.6 Å². The van der Waals surface area contributed by atoms with Crippen LogP contribution in [0.25, 0.3) is 0 Å². The zero-order chi connectivity index (χ0) is 24.5. The molecule has 3 aromatic rings.